The van der Waals surface area contributed by atoms with E-state index in [1.807, 2.05) is 13.0 Å². The molecule has 8 nitrogen and oxygen atoms in total. The normalized spacial score (nSPS) is 17.1. The Morgan fingerprint density at radius 2 is 2.43 bits per heavy atom. The van der Waals surface area contributed by atoms with Crippen molar-refractivity contribution in [3.8, 4) is 6.07 Å². The molecule has 3 heterocycles. The number of carbonyl (C=O) groups excluding carboxylic acids is 1. The molecule has 0 spiro atoms. The molecule has 2 amide bonds. The quantitative estimate of drug-likeness (QED) is 0.875. The fourth-order valence-corrected chi connectivity index (χ4v) is 2.70. The number of hydrogen-bond donors (Lipinski definition) is 2. The number of aromatic nitrogens is 4. The standard InChI is InChI=1S/C14H14ClN7O/c1-8-18-13(21-20-8)9-2-3-22(7-9)14(23)19-10-4-11(15)12(5-16)17-6-10/h4,6,9H,2-3,7H2,1H3,(H,19,23)(H,18,20,21). The molecule has 1 saturated heterocycles. The summed E-state index contributed by atoms with van der Waals surface area (Å²) in [6.45, 7) is 3.03. The number of urea groups is 1. The smallest absolute Gasteiger partial charge is 0.321 e. The van der Waals surface area contributed by atoms with Crippen molar-refractivity contribution in [2.24, 2.45) is 0 Å². The molecule has 1 aliphatic rings. The first kappa shape index (κ1) is 15.2. The number of nitriles is 1. The number of H-pyrrole nitrogens is 1. The van der Waals surface area contributed by atoms with Gasteiger partial charge in [-0.15, -0.1) is 0 Å². The fraction of sp³-hybridized carbons (Fsp3) is 0.357. The summed E-state index contributed by atoms with van der Waals surface area (Å²) < 4.78 is 0. The van der Waals surface area contributed by atoms with Crippen LogP contribution in [0.1, 0.15) is 29.7 Å². The number of likely N-dealkylation sites (tertiary alicyclic amines) is 1. The van der Waals surface area contributed by atoms with E-state index in [0.29, 0.717) is 18.8 Å². The topological polar surface area (TPSA) is 111 Å². The van der Waals surface area contributed by atoms with Crippen LogP contribution in [-0.4, -0.2) is 44.2 Å². The molecule has 23 heavy (non-hydrogen) atoms. The van der Waals surface area contributed by atoms with E-state index in [1.54, 1.807) is 4.90 Å². The van der Waals surface area contributed by atoms with Crippen molar-refractivity contribution in [2.45, 2.75) is 19.3 Å². The van der Waals surface area contributed by atoms with Crippen LogP contribution in [0.15, 0.2) is 12.3 Å². The lowest BCUT2D eigenvalue weighted by atomic mass is 10.1. The van der Waals surface area contributed by atoms with Gasteiger partial charge in [0.15, 0.2) is 11.5 Å². The number of hydrogen-bond acceptors (Lipinski definition) is 5. The lowest BCUT2D eigenvalue weighted by Crippen LogP contribution is -2.32. The number of carbonyl (C=O) groups is 1. The molecule has 1 unspecified atom stereocenters. The third-order valence-electron chi connectivity index (χ3n) is 3.65. The molecule has 3 rings (SSSR count). The summed E-state index contributed by atoms with van der Waals surface area (Å²) >= 11 is 5.91. The number of anilines is 1. The SMILES string of the molecule is Cc1nc(C2CCN(C(=O)Nc3cnc(C#N)c(Cl)c3)C2)n[nH]1. The molecule has 2 aromatic heterocycles. The van der Waals surface area contributed by atoms with Crippen molar-refractivity contribution in [3.63, 3.8) is 0 Å². The number of halogens is 1. The Kier molecular flexibility index (Phi) is 4.12. The van der Waals surface area contributed by atoms with Gasteiger partial charge in [-0.25, -0.2) is 14.8 Å². The van der Waals surface area contributed by atoms with Crippen LogP contribution in [0.2, 0.25) is 5.02 Å². The summed E-state index contributed by atoms with van der Waals surface area (Å²) in [6.07, 6.45) is 2.23. The van der Waals surface area contributed by atoms with E-state index in [2.05, 4.69) is 25.5 Å². The third kappa shape index (κ3) is 3.24. The van der Waals surface area contributed by atoms with Crippen molar-refractivity contribution < 1.29 is 4.79 Å². The fourth-order valence-electron chi connectivity index (χ4n) is 2.49. The van der Waals surface area contributed by atoms with Gasteiger partial charge >= 0.3 is 6.03 Å². The molecule has 1 aliphatic heterocycles. The number of nitrogens with one attached hydrogen (secondary N) is 2. The van der Waals surface area contributed by atoms with E-state index in [4.69, 9.17) is 16.9 Å². The van der Waals surface area contributed by atoms with Gasteiger partial charge in [0.25, 0.3) is 0 Å². The highest BCUT2D eigenvalue weighted by Gasteiger charge is 2.29. The number of amides is 2. The molecule has 1 fully saturated rings. The molecule has 0 bridgehead atoms. The first-order valence-electron chi connectivity index (χ1n) is 7.07. The van der Waals surface area contributed by atoms with Crippen LogP contribution in [0, 0.1) is 18.3 Å². The van der Waals surface area contributed by atoms with Gasteiger partial charge in [-0.1, -0.05) is 11.6 Å². The second kappa shape index (κ2) is 6.22. The van der Waals surface area contributed by atoms with Gasteiger partial charge in [-0.2, -0.15) is 10.4 Å². The molecule has 118 valence electrons. The van der Waals surface area contributed by atoms with Crippen molar-refractivity contribution in [1.29, 1.82) is 5.26 Å². The monoisotopic (exact) mass is 331 g/mol. The van der Waals surface area contributed by atoms with E-state index < -0.39 is 0 Å². The number of pyridine rings is 1. The first-order chi connectivity index (χ1) is 11.1. The van der Waals surface area contributed by atoms with E-state index in [9.17, 15) is 4.79 Å². The first-order valence-corrected chi connectivity index (χ1v) is 7.45. The molecular formula is C14H14ClN7O. The Bertz CT molecular complexity index is 782. The summed E-state index contributed by atoms with van der Waals surface area (Å²) in [4.78, 5) is 22.2. The van der Waals surface area contributed by atoms with Gasteiger partial charge in [0.2, 0.25) is 0 Å². The van der Waals surface area contributed by atoms with Gasteiger partial charge < -0.3 is 10.2 Å². The Morgan fingerprint density at radius 3 is 3.09 bits per heavy atom. The zero-order chi connectivity index (χ0) is 16.4. The molecule has 0 aromatic carbocycles. The van der Waals surface area contributed by atoms with Crippen molar-refractivity contribution in [3.05, 3.63) is 34.6 Å². The lowest BCUT2D eigenvalue weighted by Gasteiger charge is -2.16. The van der Waals surface area contributed by atoms with Gasteiger partial charge in [-0.05, 0) is 19.4 Å². The van der Waals surface area contributed by atoms with Crippen LogP contribution < -0.4 is 5.32 Å². The Balaban J connectivity index is 1.63. The van der Waals surface area contributed by atoms with E-state index in [1.165, 1.54) is 12.3 Å². The Labute approximate surface area is 137 Å². The summed E-state index contributed by atoms with van der Waals surface area (Å²) in [6, 6.07) is 3.15. The molecular weight excluding hydrogens is 318 g/mol. The molecule has 0 saturated carbocycles. The molecule has 1 atom stereocenters. The van der Waals surface area contributed by atoms with Crippen LogP contribution in [0.3, 0.4) is 0 Å². The minimum absolute atomic E-state index is 0.130. The maximum Gasteiger partial charge on any atom is 0.321 e. The second-order valence-electron chi connectivity index (χ2n) is 5.31. The maximum absolute atomic E-state index is 12.3. The van der Waals surface area contributed by atoms with E-state index in [-0.39, 0.29) is 22.7 Å². The minimum atomic E-state index is -0.234. The van der Waals surface area contributed by atoms with Crippen LogP contribution in [0.25, 0.3) is 0 Å². The number of aromatic amines is 1. The lowest BCUT2D eigenvalue weighted by molar-refractivity contribution is 0.222. The molecule has 9 heteroatoms. The van der Waals surface area contributed by atoms with E-state index in [0.717, 1.165) is 18.1 Å². The average molecular weight is 332 g/mol. The van der Waals surface area contributed by atoms with Crippen LogP contribution >= 0.6 is 11.6 Å². The minimum Gasteiger partial charge on any atom is -0.324 e. The highest BCUT2D eigenvalue weighted by atomic mass is 35.5. The van der Waals surface area contributed by atoms with Gasteiger partial charge in [0, 0.05) is 19.0 Å². The highest BCUT2D eigenvalue weighted by molar-refractivity contribution is 6.31. The predicted molar refractivity (Wildman–Crippen MR) is 83.0 cm³/mol. The number of aryl methyl sites for hydroxylation is 1. The molecule has 0 radical (unpaired) electrons. The van der Waals surface area contributed by atoms with Crippen molar-refractivity contribution in [2.75, 3.05) is 18.4 Å². The average Bonchev–Trinajstić information content (AvgIpc) is 3.16. The van der Waals surface area contributed by atoms with Gasteiger partial charge in [0.1, 0.15) is 11.9 Å². The van der Waals surface area contributed by atoms with Crippen LogP contribution in [0.4, 0.5) is 10.5 Å². The number of rotatable bonds is 2. The van der Waals surface area contributed by atoms with E-state index >= 15 is 0 Å². The zero-order valence-electron chi connectivity index (χ0n) is 12.4. The summed E-state index contributed by atoms with van der Waals surface area (Å²) in [7, 11) is 0. The van der Waals surface area contributed by atoms with Gasteiger partial charge in [-0.3, -0.25) is 5.10 Å². The summed E-state index contributed by atoms with van der Waals surface area (Å²) in [5.41, 5.74) is 0.585. The number of nitrogens with zero attached hydrogens (tertiary/aromatic N) is 5. The largest absolute Gasteiger partial charge is 0.324 e. The Hall–Kier alpha value is -2.66. The van der Waals surface area contributed by atoms with Crippen LogP contribution in [-0.2, 0) is 0 Å². The van der Waals surface area contributed by atoms with Crippen LogP contribution in [0.5, 0.6) is 0 Å². The predicted octanol–water partition coefficient (Wildman–Crippen LogP) is 2.05. The third-order valence-corrected chi connectivity index (χ3v) is 3.94. The van der Waals surface area contributed by atoms with Gasteiger partial charge in [0.05, 0.1) is 16.9 Å². The maximum atomic E-state index is 12.3. The summed E-state index contributed by atoms with van der Waals surface area (Å²) in [5, 5.41) is 18.7. The molecule has 2 N–H and O–H groups in total. The zero-order valence-corrected chi connectivity index (χ0v) is 13.1. The van der Waals surface area contributed by atoms with Crippen molar-refractivity contribution in [1.82, 2.24) is 25.1 Å². The van der Waals surface area contributed by atoms with Crippen molar-refractivity contribution >= 4 is 23.3 Å². The Morgan fingerprint density at radius 1 is 1.61 bits per heavy atom. The molecule has 2 aromatic rings. The molecule has 0 aliphatic carbocycles. The highest BCUT2D eigenvalue weighted by Crippen LogP contribution is 2.25. The summed E-state index contributed by atoms with van der Waals surface area (Å²) in [5.74, 6) is 1.63. The second-order valence-corrected chi connectivity index (χ2v) is 5.71.